The van der Waals surface area contributed by atoms with Crippen LogP contribution in [0.3, 0.4) is 0 Å². The smallest absolute Gasteiger partial charge is 0.521 e. The van der Waals surface area contributed by atoms with Crippen molar-refractivity contribution in [3.63, 3.8) is 0 Å². The van der Waals surface area contributed by atoms with Crippen molar-refractivity contribution in [3.05, 3.63) is 0 Å². The molecule has 1 amide bonds. The van der Waals surface area contributed by atoms with Crippen molar-refractivity contribution >= 4 is 39.0 Å². The van der Waals surface area contributed by atoms with E-state index in [9.17, 15) is 4.79 Å². The lowest BCUT2D eigenvalue weighted by Gasteiger charge is -2.65. The Hall–Kier alpha value is -0.560. The molecule has 9 nitrogen and oxygen atoms in total. The summed E-state index contributed by atoms with van der Waals surface area (Å²) in [5.74, 6) is 4.01. The summed E-state index contributed by atoms with van der Waals surface area (Å²) in [5, 5.41) is 17.7. The summed E-state index contributed by atoms with van der Waals surface area (Å²) in [4.78, 5) is 20.4. The van der Waals surface area contributed by atoms with E-state index in [2.05, 4.69) is 72.3 Å². The first-order valence-corrected chi connectivity index (χ1v) is 26.5. The summed E-state index contributed by atoms with van der Waals surface area (Å²) in [6.45, 7) is 25.5. The molecule has 16 saturated carbocycles. The van der Waals surface area contributed by atoms with Crippen molar-refractivity contribution in [2.75, 3.05) is 0 Å². The molecule has 16 bridgehead atoms. The Kier molecular flexibility index (Phi) is 16.8. The molecule has 16 aliphatic rings. The summed E-state index contributed by atoms with van der Waals surface area (Å²) < 4.78 is 11.6. The average molecular weight is 986 g/mol. The molecule has 384 valence electrons. The van der Waals surface area contributed by atoms with E-state index in [1.54, 1.807) is 13.0 Å². The lowest BCUT2D eigenvalue weighted by Crippen LogP contribution is -2.64. The molecule has 0 saturated heterocycles. The average Bonchev–Trinajstić information content (AvgIpc) is 2.97. The van der Waals surface area contributed by atoms with E-state index in [0.29, 0.717) is 32.5 Å². The molecule has 16 aliphatic carbocycles. The molecule has 16 rings (SSSR count). The number of carbonyl (C=O) groups is 1. The molecule has 6 N–H and O–H groups in total. The van der Waals surface area contributed by atoms with E-state index in [1.165, 1.54) is 161 Å². The Balaban J connectivity index is 0.000000221. The topological polar surface area (TPSA) is 175 Å². The second kappa shape index (κ2) is 19.1. The molecule has 0 aromatic rings. The van der Waals surface area contributed by atoms with Crippen LogP contribution in [0.4, 0.5) is 0 Å². The third-order valence-electron chi connectivity index (χ3n) is 19.4. The molecule has 0 aliphatic heterocycles. The predicted molar refractivity (Wildman–Crippen MR) is 274 cm³/mol. The number of rotatable bonds is 2. The maximum Gasteiger partial charge on any atom is 0.521 e. The highest BCUT2D eigenvalue weighted by Crippen LogP contribution is 2.70. The van der Waals surface area contributed by atoms with Crippen LogP contribution in [0.2, 0.25) is 0 Å². The lowest BCUT2D eigenvalue weighted by molar-refractivity contribution is -0.244. The lowest BCUT2D eigenvalue weighted by atomic mass is 9.41. The van der Waals surface area contributed by atoms with Crippen molar-refractivity contribution in [1.29, 1.82) is 5.26 Å². The quantitative estimate of drug-likeness (QED) is 0.120. The van der Waals surface area contributed by atoms with Gasteiger partial charge in [-0.3, -0.25) is 4.79 Å². The first-order valence-electron chi connectivity index (χ1n) is 25.4. The maximum absolute atomic E-state index is 11.4. The molecule has 7 atom stereocenters. The number of amides is 1. The molecule has 16 fully saturated rings. The molecule has 0 aromatic carbocycles. The van der Waals surface area contributed by atoms with Crippen molar-refractivity contribution in [2.24, 2.45) is 83.9 Å². The highest BCUT2D eigenvalue weighted by Gasteiger charge is 2.62. The Morgan fingerprint density at radius 2 is 0.758 bits per heavy atom. The number of nitriles is 1. The first kappa shape index (κ1) is 58.0. The SMILES string of the molecule is C.CC#N.CC(=O)NC12CC3CC(C)(CC(C)(C3)C1)C2.CC12CC3CC(C)(C1)CC(C)(C3)C2.CC12CC3CC(C)(C1)CC(N)(C3)C2.CC12CC3CC(C)(C1)CC(N)(C3)C2.Cl.Cl.O=[P+]([O-])OO.[HH]. The molecule has 0 radical (unpaired) electrons. The Bertz CT molecular complexity index is 1530. The highest BCUT2D eigenvalue weighted by atomic mass is 35.5. The van der Waals surface area contributed by atoms with E-state index >= 15 is 0 Å². The summed E-state index contributed by atoms with van der Waals surface area (Å²) in [5.41, 5.74) is 19.1. The summed E-state index contributed by atoms with van der Waals surface area (Å²) >= 11 is 0. The van der Waals surface area contributed by atoms with Crippen LogP contribution >= 0.6 is 33.1 Å². The van der Waals surface area contributed by atoms with Crippen LogP contribution in [0.25, 0.3) is 0 Å². The summed E-state index contributed by atoms with van der Waals surface area (Å²) in [7, 11) is -3.04. The fourth-order valence-electron chi connectivity index (χ4n) is 23.1. The van der Waals surface area contributed by atoms with Crippen LogP contribution in [-0.4, -0.2) is 27.8 Å². The highest BCUT2D eigenvalue weighted by molar-refractivity contribution is 7.30. The standard InChI is InChI=1S/C14H23NO.C13H22.2C12H21N.C2H3N.CH4.2ClH.HO4P.H2/c1-10(16)15-14-6-11-4-12(2,8-14)7-13(3,5-11)9-14;1-11-4-10-5-12(2,7-11)9-13(3,6-10)8-11;2*1-10-3-9-4-11(2,6-10)8-12(13,5-9)7-10;1-2-3;;;;1-4-5(2)3;/h11H,4-9H2,1-3H3,(H,15,16);10H,4-9H2,1-3H3;2*9H,3-8,13H2,1-2H3;1H3;1H4;2*1H;1H;1H. The van der Waals surface area contributed by atoms with Crippen molar-refractivity contribution < 1.29 is 25.6 Å². The zero-order valence-electron chi connectivity index (χ0n) is 42.7. The van der Waals surface area contributed by atoms with Gasteiger partial charge in [-0.15, -0.1) is 24.8 Å². The zero-order valence-corrected chi connectivity index (χ0v) is 45.3. The molecule has 66 heavy (non-hydrogen) atoms. The fraction of sp³-hybridized carbons (Fsp3) is 0.963. The van der Waals surface area contributed by atoms with E-state index in [1.807, 2.05) is 0 Å². The fourth-order valence-corrected chi connectivity index (χ4v) is 23.1. The van der Waals surface area contributed by atoms with E-state index in [-0.39, 0.29) is 56.2 Å². The van der Waals surface area contributed by atoms with Gasteiger partial charge in [0.05, 0.1) is 6.07 Å². The molecular weight excluding hydrogens is 886 g/mol. The monoisotopic (exact) mass is 985 g/mol. The third kappa shape index (κ3) is 12.9. The van der Waals surface area contributed by atoms with Crippen molar-refractivity contribution in [1.82, 2.24) is 5.32 Å². The van der Waals surface area contributed by atoms with Crippen LogP contribution in [0.5, 0.6) is 0 Å². The Morgan fingerprint density at radius 3 is 0.924 bits per heavy atom. The molecule has 0 spiro atoms. The predicted octanol–water partition coefficient (Wildman–Crippen LogP) is 14.0. The minimum absolute atomic E-state index is 0. The minimum atomic E-state index is -3.04. The number of nitrogens with two attached hydrogens (primary N) is 2. The van der Waals surface area contributed by atoms with Crippen LogP contribution in [0, 0.1) is 83.7 Å². The van der Waals surface area contributed by atoms with E-state index < -0.39 is 8.25 Å². The number of halogens is 2. The number of nitrogens with zero attached hydrogens (tertiary/aromatic N) is 1. The number of carbonyl (C=O) groups excluding carboxylic acids is 1. The van der Waals surface area contributed by atoms with Gasteiger partial charge in [0.25, 0.3) is 0 Å². The van der Waals surface area contributed by atoms with Crippen molar-refractivity contribution in [2.45, 2.75) is 254 Å². The van der Waals surface area contributed by atoms with Gasteiger partial charge in [0, 0.05) is 36.6 Å². The van der Waals surface area contributed by atoms with Crippen LogP contribution < -0.4 is 21.7 Å². The third-order valence-corrected chi connectivity index (χ3v) is 19.5. The molecule has 0 heterocycles. The van der Waals surface area contributed by atoms with Gasteiger partial charge in [-0.1, -0.05) is 69.7 Å². The van der Waals surface area contributed by atoms with Gasteiger partial charge in [-0.2, -0.15) is 5.26 Å². The summed E-state index contributed by atoms with van der Waals surface area (Å²) in [6, 6.07) is 1.75. The van der Waals surface area contributed by atoms with Gasteiger partial charge < -0.3 is 21.7 Å². The van der Waals surface area contributed by atoms with Gasteiger partial charge >= 0.3 is 8.25 Å². The van der Waals surface area contributed by atoms with Gasteiger partial charge in [-0.25, -0.2) is 5.26 Å². The Labute approximate surface area is 417 Å². The van der Waals surface area contributed by atoms with Crippen molar-refractivity contribution in [3.8, 4) is 6.07 Å². The van der Waals surface area contributed by atoms with Gasteiger partial charge in [0.15, 0.2) is 0 Å². The minimum Gasteiger partial charge on any atom is -0.565 e. The largest absolute Gasteiger partial charge is 0.565 e. The molecule has 12 heteroatoms. The van der Waals surface area contributed by atoms with Gasteiger partial charge in [-0.05, 0) is 231 Å². The number of nitrogens with one attached hydrogen (secondary N) is 1. The second-order valence-electron chi connectivity index (χ2n) is 29.5. The molecular formula is C54H99Cl2N4O5P. The van der Waals surface area contributed by atoms with Gasteiger partial charge in [0.1, 0.15) is 0 Å². The number of hydrogen-bond acceptors (Lipinski definition) is 8. The molecule has 7 unspecified atom stereocenters. The van der Waals surface area contributed by atoms with Crippen LogP contribution in [0.1, 0.15) is 239 Å². The van der Waals surface area contributed by atoms with Gasteiger partial charge in [0.2, 0.25) is 5.91 Å². The zero-order chi connectivity index (χ0) is 46.6. The normalized spacial score (nSPS) is 52.1. The summed E-state index contributed by atoms with van der Waals surface area (Å²) in [6.07, 6.45) is 33.5. The second-order valence-corrected chi connectivity index (χ2v) is 30.2. The van der Waals surface area contributed by atoms with Crippen LogP contribution in [0.15, 0.2) is 0 Å². The number of hydrogen-bond donors (Lipinski definition) is 4. The van der Waals surface area contributed by atoms with Crippen LogP contribution in [-0.2, 0) is 14.0 Å². The Morgan fingerprint density at radius 1 is 0.561 bits per heavy atom. The maximum atomic E-state index is 11.4. The van der Waals surface area contributed by atoms with E-state index in [0.717, 1.165) is 39.9 Å². The first-order chi connectivity index (χ1) is 28.7. The van der Waals surface area contributed by atoms with E-state index in [4.69, 9.17) is 31.4 Å². The molecule has 0 aromatic heterocycles.